The maximum Gasteiger partial charge on any atom is 0.191 e. The zero-order valence-corrected chi connectivity index (χ0v) is 14.7. The minimum Gasteiger partial charge on any atom is -0.357 e. The fraction of sp³-hybridized carbons (Fsp3) is 0.632. The second kappa shape index (κ2) is 10.3. The van der Waals surface area contributed by atoms with Gasteiger partial charge in [-0.05, 0) is 44.3 Å². The average molecular weight is 316 g/mol. The van der Waals surface area contributed by atoms with E-state index in [1.807, 2.05) is 6.07 Å². The van der Waals surface area contributed by atoms with Crippen molar-refractivity contribution in [2.75, 3.05) is 32.7 Å². The summed E-state index contributed by atoms with van der Waals surface area (Å²) in [5.41, 5.74) is 1.24. The molecular formula is C19H32N4. The van der Waals surface area contributed by atoms with Gasteiger partial charge in [-0.3, -0.25) is 0 Å². The highest BCUT2D eigenvalue weighted by molar-refractivity contribution is 5.79. The number of nitrogens with one attached hydrogen (secondary N) is 2. The Kier molecular flexibility index (Phi) is 7.95. The van der Waals surface area contributed by atoms with Gasteiger partial charge in [0.05, 0.1) is 6.54 Å². The van der Waals surface area contributed by atoms with E-state index in [9.17, 15) is 0 Å². The normalized spacial score (nSPS) is 17.7. The fourth-order valence-corrected chi connectivity index (χ4v) is 3.01. The summed E-state index contributed by atoms with van der Waals surface area (Å²) in [6.45, 7) is 10.7. The van der Waals surface area contributed by atoms with Gasteiger partial charge in [0.25, 0.3) is 0 Å². The number of guanidine groups is 1. The monoisotopic (exact) mass is 316 g/mol. The van der Waals surface area contributed by atoms with Gasteiger partial charge in [0.15, 0.2) is 5.96 Å². The van der Waals surface area contributed by atoms with E-state index in [-0.39, 0.29) is 0 Å². The molecule has 1 aliphatic rings. The molecule has 1 aliphatic heterocycles. The number of likely N-dealkylation sites (tertiary alicyclic amines) is 1. The molecule has 4 heteroatoms. The van der Waals surface area contributed by atoms with E-state index in [0.29, 0.717) is 5.92 Å². The Hall–Kier alpha value is -1.55. The summed E-state index contributed by atoms with van der Waals surface area (Å²) >= 11 is 0. The molecule has 1 saturated heterocycles. The first-order valence-electron chi connectivity index (χ1n) is 9.06. The molecule has 0 aliphatic carbocycles. The van der Waals surface area contributed by atoms with E-state index in [2.05, 4.69) is 58.6 Å². The first-order chi connectivity index (χ1) is 11.3. The fourth-order valence-electron chi connectivity index (χ4n) is 3.01. The van der Waals surface area contributed by atoms with Crippen LogP contribution in [0.5, 0.6) is 0 Å². The zero-order valence-electron chi connectivity index (χ0n) is 14.7. The van der Waals surface area contributed by atoms with Crippen LogP contribution < -0.4 is 10.6 Å². The quantitative estimate of drug-likeness (QED) is 0.600. The molecule has 1 unspecified atom stereocenters. The number of hydrogen-bond acceptors (Lipinski definition) is 2. The number of nitrogens with zero attached hydrogens (tertiary/aromatic N) is 2. The summed E-state index contributed by atoms with van der Waals surface area (Å²) in [4.78, 5) is 7.28. The predicted octanol–water partition coefficient (Wildman–Crippen LogP) is 2.86. The van der Waals surface area contributed by atoms with Crippen molar-refractivity contribution in [3.63, 3.8) is 0 Å². The summed E-state index contributed by atoms with van der Waals surface area (Å²) in [5.74, 6) is 1.55. The molecule has 2 rings (SSSR count). The smallest absolute Gasteiger partial charge is 0.191 e. The summed E-state index contributed by atoms with van der Waals surface area (Å²) < 4.78 is 0. The molecule has 0 aromatic heterocycles. The second-order valence-electron chi connectivity index (χ2n) is 6.53. The lowest BCUT2D eigenvalue weighted by Crippen LogP contribution is -2.42. The van der Waals surface area contributed by atoms with E-state index in [1.165, 1.54) is 44.5 Å². The number of rotatable bonds is 7. The second-order valence-corrected chi connectivity index (χ2v) is 6.53. The number of aliphatic imine (C=N–C) groups is 1. The highest BCUT2D eigenvalue weighted by atomic mass is 15.2. The summed E-state index contributed by atoms with van der Waals surface area (Å²) in [6, 6.07) is 10.4. The van der Waals surface area contributed by atoms with Crippen molar-refractivity contribution in [3.8, 4) is 0 Å². The third kappa shape index (κ3) is 7.04. The van der Waals surface area contributed by atoms with Crippen LogP contribution in [0.2, 0.25) is 0 Å². The summed E-state index contributed by atoms with van der Waals surface area (Å²) in [7, 11) is 0. The number of benzene rings is 1. The molecule has 23 heavy (non-hydrogen) atoms. The third-order valence-electron chi connectivity index (χ3n) is 4.24. The van der Waals surface area contributed by atoms with Crippen molar-refractivity contribution < 1.29 is 0 Å². The van der Waals surface area contributed by atoms with Gasteiger partial charge in [-0.2, -0.15) is 0 Å². The van der Waals surface area contributed by atoms with Crippen LogP contribution in [0.4, 0.5) is 0 Å². The van der Waals surface area contributed by atoms with Gasteiger partial charge in [-0.25, -0.2) is 4.99 Å². The highest BCUT2D eigenvalue weighted by Crippen LogP contribution is 2.10. The van der Waals surface area contributed by atoms with E-state index >= 15 is 0 Å². The van der Waals surface area contributed by atoms with E-state index in [0.717, 1.165) is 25.6 Å². The third-order valence-corrected chi connectivity index (χ3v) is 4.24. The van der Waals surface area contributed by atoms with Crippen molar-refractivity contribution in [3.05, 3.63) is 35.9 Å². The van der Waals surface area contributed by atoms with Crippen molar-refractivity contribution in [2.24, 2.45) is 10.9 Å². The van der Waals surface area contributed by atoms with Gasteiger partial charge in [0, 0.05) is 19.6 Å². The van der Waals surface area contributed by atoms with Crippen LogP contribution in [0.1, 0.15) is 38.7 Å². The van der Waals surface area contributed by atoms with Gasteiger partial charge in [0.1, 0.15) is 0 Å². The van der Waals surface area contributed by atoms with Crippen LogP contribution in [0.25, 0.3) is 0 Å². The summed E-state index contributed by atoms with van der Waals surface area (Å²) in [6.07, 6.45) is 4.13. The maximum absolute atomic E-state index is 4.68. The zero-order chi connectivity index (χ0) is 16.3. The van der Waals surface area contributed by atoms with E-state index in [4.69, 9.17) is 0 Å². The van der Waals surface area contributed by atoms with Crippen molar-refractivity contribution in [1.29, 1.82) is 0 Å². The van der Waals surface area contributed by atoms with E-state index < -0.39 is 0 Å². The molecule has 128 valence electrons. The van der Waals surface area contributed by atoms with Crippen LogP contribution in [-0.4, -0.2) is 43.6 Å². The molecule has 2 N–H and O–H groups in total. The molecule has 1 aromatic carbocycles. The van der Waals surface area contributed by atoms with Gasteiger partial charge in [0.2, 0.25) is 0 Å². The van der Waals surface area contributed by atoms with E-state index in [1.54, 1.807) is 0 Å². The number of hydrogen-bond donors (Lipinski definition) is 2. The molecular weight excluding hydrogens is 284 g/mol. The molecule has 4 nitrogen and oxygen atoms in total. The molecule has 0 amide bonds. The van der Waals surface area contributed by atoms with Crippen molar-refractivity contribution >= 4 is 5.96 Å². The van der Waals surface area contributed by atoms with Gasteiger partial charge in [-0.1, -0.05) is 43.7 Å². The Morgan fingerprint density at radius 1 is 1.13 bits per heavy atom. The van der Waals surface area contributed by atoms with Crippen LogP contribution in [0, 0.1) is 5.92 Å². The largest absolute Gasteiger partial charge is 0.357 e. The molecule has 1 aromatic rings. The SMILES string of the molecule is CCNC(=NCc1ccccc1)NCC(C)CN1CCCCC1. The first kappa shape index (κ1) is 17.8. The predicted molar refractivity (Wildman–Crippen MR) is 98.7 cm³/mol. The minimum atomic E-state index is 0.633. The van der Waals surface area contributed by atoms with Gasteiger partial charge >= 0.3 is 0 Å². The van der Waals surface area contributed by atoms with Crippen LogP contribution in [0.3, 0.4) is 0 Å². The van der Waals surface area contributed by atoms with Crippen LogP contribution in [0.15, 0.2) is 35.3 Å². The highest BCUT2D eigenvalue weighted by Gasteiger charge is 2.13. The Morgan fingerprint density at radius 3 is 2.57 bits per heavy atom. The van der Waals surface area contributed by atoms with Crippen molar-refractivity contribution in [1.82, 2.24) is 15.5 Å². The Balaban J connectivity index is 1.76. The van der Waals surface area contributed by atoms with Gasteiger partial charge in [-0.15, -0.1) is 0 Å². The van der Waals surface area contributed by atoms with Crippen molar-refractivity contribution in [2.45, 2.75) is 39.7 Å². The Bertz CT molecular complexity index is 452. The topological polar surface area (TPSA) is 39.7 Å². The standard InChI is InChI=1S/C19H32N4/c1-3-20-19(22-15-18-10-6-4-7-11-18)21-14-17(2)16-23-12-8-5-9-13-23/h4,6-7,10-11,17H,3,5,8-9,12-16H2,1-2H3,(H2,20,21,22). The molecule has 0 radical (unpaired) electrons. The molecule has 0 saturated carbocycles. The lowest BCUT2D eigenvalue weighted by molar-refractivity contribution is 0.201. The lowest BCUT2D eigenvalue weighted by Gasteiger charge is -2.29. The van der Waals surface area contributed by atoms with Crippen LogP contribution in [-0.2, 0) is 6.54 Å². The lowest BCUT2D eigenvalue weighted by atomic mass is 10.1. The molecule has 1 atom stereocenters. The Labute approximate surface area is 141 Å². The maximum atomic E-state index is 4.68. The van der Waals surface area contributed by atoms with Crippen LogP contribution >= 0.6 is 0 Å². The molecule has 0 spiro atoms. The van der Waals surface area contributed by atoms with Gasteiger partial charge < -0.3 is 15.5 Å². The minimum absolute atomic E-state index is 0.633. The average Bonchev–Trinajstić information content (AvgIpc) is 2.59. The molecule has 1 fully saturated rings. The molecule has 0 bridgehead atoms. The first-order valence-corrected chi connectivity index (χ1v) is 9.06. The Morgan fingerprint density at radius 2 is 1.87 bits per heavy atom. The molecule has 1 heterocycles. The summed E-state index contributed by atoms with van der Waals surface area (Å²) in [5, 5.41) is 6.83. The number of piperidine rings is 1.